The van der Waals surface area contributed by atoms with Crippen molar-refractivity contribution < 1.29 is 33.9 Å². The number of anilines is 1. The average Bonchev–Trinajstić information content (AvgIpc) is 3.78. The quantitative estimate of drug-likeness (QED) is 0.0991. The van der Waals surface area contributed by atoms with Crippen molar-refractivity contribution in [3.05, 3.63) is 144 Å². The molecule has 3 atom stereocenters. The van der Waals surface area contributed by atoms with Gasteiger partial charge in [-0.25, -0.2) is 24.7 Å². The van der Waals surface area contributed by atoms with Crippen molar-refractivity contribution in [2.45, 2.75) is 42.7 Å². The summed E-state index contributed by atoms with van der Waals surface area (Å²) >= 11 is 0. The van der Waals surface area contributed by atoms with Crippen LogP contribution >= 0.6 is 0 Å². The zero-order chi connectivity index (χ0) is 34.6. The first kappa shape index (κ1) is 33.4. The Kier molecular flexibility index (Phi) is 9.63. The van der Waals surface area contributed by atoms with Crippen LogP contribution in [0.4, 0.5) is 5.82 Å². The molecule has 1 fully saturated rings. The van der Waals surface area contributed by atoms with Gasteiger partial charge in [0, 0.05) is 32.6 Å². The van der Waals surface area contributed by atoms with Gasteiger partial charge in [-0.05, 0) is 34.9 Å². The van der Waals surface area contributed by atoms with Crippen molar-refractivity contribution in [3.8, 4) is 0 Å². The topological polar surface area (TPSA) is 139 Å². The number of imidazole rings is 1. The lowest BCUT2D eigenvalue weighted by atomic mass is 9.77. The molecular formula is C38H37N5O7. The lowest BCUT2D eigenvalue weighted by Gasteiger charge is -2.38. The summed E-state index contributed by atoms with van der Waals surface area (Å²) in [5.41, 5.74) is 2.67. The first-order valence-electron chi connectivity index (χ1n) is 16.3. The SMILES string of the molecule is COC1(OC)C=CC(C(OOC[C@H]2O[C@@H](n3cnc4c(NC(=O)c5ccccc5)ncnc43)C[C@@H]2O)(c2ccccc2)c2ccccc2)=CC1. The fourth-order valence-corrected chi connectivity index (χ4v) is 6.39. The van der Waals surface area contributed by atoms with Gasteiger partial charge in [-0.2, -0.15) is 0 Å². The minimum Gasteiger partial charge on any atom is -0.390 e. The van der Waals surface area contributed by atoms with Crippen LogP contribution in [-0.2, 0) is 29.6 Å². The molecule has 0 radical (unpaired) electrons. The third-order valence-corrected chi connectivity index (χ3v) is 9.14. The third-order valence-electron chi connectivity index (χ3n) is 9.14. The van der Waals surface area contributed by atoms with E-state index in [1.54, 1.807) is 49.4 Å². The molecule has 2 aliphatic rings. The van der Waals surface area contributed by atoms with Crippen LogP contribution in [0.3, 0.4) is 0 Å². The van der Waals surface area contributed by atoms with Gasteiger partial charge in [0.15, 0.2) is 28.4 Å². The van der Waals surface area contributed by atoms with E-state index in [1.165, 1.54) is 6.33 Å². The highest BCUT2D eigenvalue weighted by Crippen LogP contribution is 2.44. The van der Waals surface area contributed by atoms with Gasteiger partial charge < -0.3 is 24.6 Å². The fourth-order valence-electron chi connectivity index (χ4n) is 6.39. The summed E-state index contributed by atoms with van der Waals surface area (Å²) in [5.74, 6) is -0.938. The monoisotopic (exact) mass is 675 g/mol. The predicted octanol–water partition coefficient (Wildman–Crippen LogP) is 5.49. The Hall–Kier alpha value is -5.08. The summed E-state index contributed by atoms with van der Waals surface area (Å²) in [6, 6.07) is 28.5. The molecule has 256 valence electrons. The second kappa shape index (κ2) is 14.4. The smallest absolute Gasteiger partial charge is 0.256 e. The summed E-state index contributed by atoms with van der Waals surface area (Å²) in [5, 5.41) is 13.9. The number of hydrogen-bond donors (Lipinski definition) is 2. The molecule has 0 saturated carbocycles. The number of nitrogens with zero attached hydrogens (tertiary/aromatic N) is 4. The summed E-state index contributed by atoms with van der Waals surface area (Å²) in [6.45, 7) is -0.0733. The molecule has 0 unspecified atom stereocenters. The van der Waals surface area contributed by atoms with Crippen LogP contribution in [0.1, 0.15) is 40.6 Å². The number of fused-ring (bicyclic) bond motifs is 1. The normalized spacial score (nSPS) is 20.1. The molecule has 0 spiro atoms. The summed E-state index contributed by atoms with van der Waals surface area (Å²) in [6.07, 6.45) is 7.23. The maximum atomic E-state index is 12.8. The van der Waals surface area contributed by atoms with Crippen molar-refractivity contribution in [2.24, 2.45) is 0 Å². The third kappa shape index (κ3) is 6.36. The second-order valence-electron chi connectivity index (χ2n) is 12.0. The lowest BCUT2D eigenvalue weighted by Crippen LogP contribution is -2.38. The highest BCUT2D eigenvalue weighted by atomic mass is 17.2. The van der Waals surface area contributed by atoms with Crippen LogP contribution in [-0.4, -0.2) is 69.4 Å². The zero-order valence-electron chi connectivity index (χ0n) is 27.6. The van der Waals surface area contributed by atoms with Gasteiger partial charge in [-0.1, -0.05) is 91.0 Å². The number of aliphatic hydroxyl groups is 1. The molecule has 1 aliphatic heterocycles. The van der Waals surface area contributed by atoms with Gasteiger partial charge in [-0.15, -0.1) is 0 Å². The number of nitrogens with one attached hydrogen (secondary N) is 1. The van der Waals surface area contributed by atoms with E-state index in [9.17, 15) is 9.90 Å². The van der Waals surface area contributed by atoms with Crippen LogP contribution in [0.15, 0.2) is 127 Å². The summed E-state index contributed by atoms with van der Waals surface area (Å²) < 4.78 is 19.4. The average molecular weight is 676 g/mol. The van der Waals surface area contributed by atoms with Crippen LogP contribution in [0.2, 0.25) is 0 Å². The number of rotatable bonds is 12. The molecule has 1 saturated heterocycles. The molecule has 50 heavy (non-hydrogen) atoms. The van der Waals surface area contributed by atoms with Crippen molar-refractivity contribution >= 4 is 22.9 Å². The highest BCUT2D eigenvalue weighted by Gasteiger charge is 2.44. The maximum Gasteiger partial charge on any atom is 0.256 e. The molecule has 12 nitrogen and oxygen atoms in total. The Balaban J connectivity index is 1.11. The zero-order valence-corrected chi connectivity index (χ0v) is 27.6. The van der Waals surface area contributed by atoms with Crippen LogP contribution < -0.4 is 5.32 Å². The van der Waals surface area contributed by atoms with Gasteiger partial charge in [0.25, 0.3) is 5.91 Å². The minimum absolute atomic E-state index is 0.0733. The van der Waals surface area contributed by atoms with Crippen LogP contribution in [0.5, 0.6) is 0 Å². The Morgan fingerprint density at radius 3 is 2.24 bits per heavy atom. The number of ether oxygens (including phenoxy) is 3. The van der Waals surface area contributed by atoms with E-state index in [4.69, 9.17) is 24.0 Å². The molecule has 3 heterocycles. The first-order valence-corrected chi connectivity index (χ1v) is 16.3. The molecule has 2 N–H and O–H groups in total. The summed E-state index contributed by atoms with van der Waals surface area (Å²) in [7, 11) is 3.22. The number of amides is 1. The number of hydrogen-bond acceptors (Lipinski definition) is 10. The Bertz CT molecular complexity index is 1940. The molecule has 1 aliphatic carbocycles. The molecule has 5 aromatic rings. The molecule has 1 amide bonds. The number of carbonyl (C=O) groups excluding carboxylic acids is 1. The van der Waals surface area contributed by atoms with Crippen molar-refractivity contribution in [2.75, 3.05) is 26.1 Å². The van der Waals surface area contributed by atoms with Crippen LogP contribution in [0.25, 0.3) is 11.2 Å². The van der Waals surface area contributed by atoms with Gasteiger partial charge in [0.05, 0.1) is 12.4 Å². The largest absolute Gasteiger partial charge is 0.390 e. The van der Waals surface area contributed by atoms with Gasteiger partial charge in [0.2, 0.25) is 0 Å². The van der Waals surface area contributed by atoms with E-state index in [0.717, 1.165) is 16.7 Å². The Morgan fingerprint density at radius 2 is 1.62 bits per heavy atom. The number of aliphatic hydroxyl groups excluding tert-OH is 1. The van der Waals surface area contributed by atoms with E-state index in [0.29, 0.717) is 23.1 Å². The van der Waals surface area contributed by atoms with Gasteiger partial charge >= 0.3 is 0 Å². The van der Waals surface area contributed by atoms with Crippen molar-refractivity contribution in [1.82, 2.24) is 19.5 Å². The van der Waals surface area contributed by atoms with E-state index in [2.05, 4.69) is 20.3 Å². The summed E-state index contributed by atoms with van der Waals surface area (Å²) in [4.78, 5) is 38.5. The van der Waals surface area contributed by atoms with E-state index < -0.39 is 29.8 Å². The predicted molar refractivity (Wildman–Crippen MR) is 184 cm³/mol. The van der Waals surface area contributed by atoms with Crippen molar-refractivity contribution in [3.63, 3.8) is 0 Å². The molecule has 2 aromatic heterocycles. The molecular weight excluding hydrogens is 638 g/mol. The van der Waals surface area contributed by atoms with Crippen molar-refractivity contribution in [1.29, 1.82) is 0 Å². The second-order valence-corrected chi connectivity index (χ2v) is 12.0. The number of aromatic nitrogens is 4. The van der Waals surface area contributed by atoms with E-state index in [-0.39, 0.29) is 24.8 Å². The fraction of sp³-hybridized carbons (Fsp3) is 0.263. The van der Waals surface area contributed by atoms with Crippen LogP contribution in [0, 0.1) is 0 Å². The number of benzene rings is 3. The number of carbonyl (C=O) groups is 1. The van der Waals surface area contributed by atoms with E-state index in [1.807, 2.05) is 85.0 Å². The minimum atomic E-state index is -1.17. The Morgan fingerprint density at radius 1 is 0.960 bits per heavy atom. The standard InChI is InChI=1S/C38H37N5O7/c1-46-37(47-2)20-18-29(19-21-37)38(27-14-8-4-9-15-27,28-16-10-5-11-17-28)50-48-23-31-30(44)22-32(49-31)43-25-41-33-34(39-24-40-35(33)43)42-36(45)26-12-6-3-7-13-26/h3-20,24-25,30-32,44H,21-23H2,1-2H3,(H,39,40,42,45)/t30-,31+,32+/m0/s1. The van der Waals surface area contributed by atoms with Gasteiger partial charge in [0.1, 0.15) is 25.3 Å². The molecule has 7 rings (SSSR count). The molecule has 3 aromatic carbocycles. The Labute approximate surface area is 288 Å². The maximum absolute atomic E-state index is 12.8. The molecule has 12 heteroatoms. The first-order chi connectivity index (χ1) is 24.5. The molecule has 0 bridgehead atoms. The number of methoxy groups -OCH3 is 2. The van der Waals surface area contributed by atoms with Gasteiger partial charge in [-0.3, -0.25) is 9.36 Å². The lowest BCUT2D eigenvalue weighted by molar-refractivity contribution is -0.356. The van der Waals surface area contributed by atoms with E-state index >= 15 is 0 Å². The highest BCUT2D eigenvalue weighted by molar-refractivity contribution is 6.06.